The minimum absolute atomic E-state index is 0.331. The molecule has 5 heteroatoms. The van der Waals surface area contributed by atoms with Gasteiger partial charge in [-0.2, -0.15) is 0 Å². The zero-order valence-corrected chi connectivity index (χ0v) is 12.3. The van der Waals surface area contributed by atoms with Crippen LogP contribution in [0.5, 0.6) is 0 Å². The van der Waals surface area contributed by atoms with Crippen LogP contribution in [0.25, 0.3) is 0 Å². The van der Waals surface area contributed by atoms with Gasteiger partial charge in [-0.15, -0.1) is 0 Å². The van der Waals surface area contributed by atoms with Crippen LogP contribution in [0.2, 0.25) is 5.02 Å². The largest absolute Gasteiger partial charge is 0.496 e. The van der Waals surface area contributed by atoms with Crippen LogP contribution in [0.1, 0.15) is 27.7 Å². The summed E-state index contributed by atoms with van der Waals surface area (Å²) in [6.07, 6.45) is 0. The third kappa shape index (κ3) is 2.25. The van der Waals surface area contributed by atoms with Crippen LogP contribution in [0.3, 0.4) is 0 Å². The van der Waals surface area contributed by atoms with Gasteiger partial charge in [0, 0.05) is 23.2 Å². The van der Waals surface area contributed by atoms with Crippen molar-refractivity contribution in [3.8, 4) is 0 Å². The molecule has 1 aliphatic heterocycles. The standard InChI is InChI=1S/C13H19BClNO2/c1-12(2)13(3,4)18-14(17-12)10-7-6-9(15)8-11(10)16-5/h6-8,16H,1-5H3. The van der Waals surface area contributed by atoms with Crippen LogP contribution in [0, 0.1) is 0 Å². The molecule has 1 aromatic rings. The summed E-state index contributed by atoms with van der Waals surface area (Å²) in [5, 5.41) is 3.82. The molecule has 0 amide bonds. The first-order valence-corrected chi connectivity index (χ1v) is 6.47. The molecule has 18 heavy (non-hydrogen) atoms. The van der Waals surface area contributed by atoms with Crippen molar-refractivity contribution in [1.82, 2.24) is 0 Å². The van der Waals surface area contributed by atoms with Crippen molar-refractivity contribution in [3.05, 3.63) is 23.2 Å². The summed E-state index contributed by atoms with van der Waals surface area (Å²) in [6.45, 7) is 8.17. The highest BCUT2D eigenvalue weighted by Crippen LogP contribution is 2.37. The second-order valence-electron chi connectivity index (χ2n) is 5.57. The molecule has 98 valence electrons. The van der Waals surface area contributed by atoms with E-state index < -0.39 is 0 Å². The summed E-state index contributed by atoms with van der Waals surface area (Å²) in [5.41, 5.74) is 1.24. The molecule has 0 saturated carbocycles. The normalized spacial score (nSPS) is 21.1. The molecule has 0 radical (unpaired) electrons. The zero-order valence-electron chi connectivity index (χ0n) is 11.5. The van der Waals surface area contributed by atoms with Crippen molar-refractivity contribution in [2.75, 3.05) is 12.4 Å². The first kappa shape index (κ1) is 13.7. The Morgan fingerprint density at radius 1 is 1.11 bits per heavy atom. The summed E-state index contributed by atoms with van der Waals surface area (Å²) in [5.74, 6) is 0. The summed E-state index contributed by atoms with van der Waals surface area (Å²) < 4.78 is 12.1. The number of benzene rings is 1. The third-order valence-corrected chi connectivity index (χ3v) is 4.03. The smallest absolute Gasteiger partial charge is 0.399 e. The van der Waals surface area contributed by atoms with Crippen LogP contribution in [0.4, 0.5) is 5.69 Å². The molecule has 0 spiro atoms. The fraction of sp³-hybridized carbons (Fsp3) is 0.538. The Kier molecular flexibility index (Phi) is 3.39. The Labute approximate surface area is 114 Å². The monoisotopic (exact) mass is 267 g/mol. The third-order valence-electron chi connectivity index (χ3n) is 3.79. The number of nitrogens with one attached hydrogen (secondary N) is 1. The van der Waals surface area contributed by atoms with E-state index in [9.17, 15) is 0 Å². The molecular weight excluding hydrogens is 248 g/mol. The van der Waals surface area contributed by atoms with Gasteiger partial charge in [0.2, 0.25) is 0 Å². The molecule has 1 heterocycles. The Morgan fingerprint density at radius 2 is 1.67 bits per heavy atom. The Bertz CT molecular complexity index is 446. The second-order valence-corrected chi connectivity index (χ2v) is 6.01. The number of hydrogen-bond acceptors (Lipinski definition) is 3. The van der Waals surface area contributed by atoms with E-state index >= 15 is 0 Å². The summed E-state index contributed by atoms with van der Waals surface area (Å²) in [6, 6.07) is 5.67. The minimum atomic E-state index is -0.366. The average Bonchev–Trinajstić information content (AvgIpc) is 2.47. The minimum Gasteiger partial charge on any atom is -0.399 e. The van der Waals surface area contributed by atoms with E-state index in [2.05, 4.69) is 5.32 Å². The second kappa shape index (κ2) is 4.44. The molecule has 0 bridgehead atoms. The molecule has 1 N–H and O–H groups in total. The zero-order chi connectivity index (χ0) is 13.6. The van der Waals surface area contributed by atoms with Crippen molar-refractivity contribution in [3.63, 3.8) is 0 Å². The number of hydrogen-bond donors (Lipinski definition) is 1. The lowest BCUT2D eigenvalue weighted by atomic mass is 9.78. The van der Waals surface area contributed by atoms with Gasteiger partial charge in [-0.05, 0) is 39.8 Å². The van der Waals surface area contributed by atoms with Crippen molar-refractivity contribution in [1.29, 1.82) is 0 Å². The molecule has 1 fully saturated rings. The Balaban J connectivity index is 2.35. The van der Waals surface area contributed by atoms with Gasteiger partial charge in [0.05, 0.1) is 11.2 Å². The van der Waals surface area contributed by atoms with Crippen molar-refractivity contribution in [2.24, 2.45) is 0 Å². The maximum absolute atomic E-state index is 6.03. The molecule has 1 aromatic carbocycles. The van der Waals surface area contributed by atoms with Gasteiger partial charge >= 0.3 is 7.12 Å². The maximum Gasteiger partial charge on any atom is 0.496 e. The maximum atomic E-state index is 6.03. The summed E-state index contributed by atoms with van der Waals surface area (Å²) >= 11 is 5.99. The van der Waals surface area contributed by atoms with Gasteiger partial charge in [-0.1, -0.05) is 17.7 Å². The average molecular weight is 268 g/mol. The molecule has 1 aliphatic rings. The van der Waals surface area contributed by atoms with Gasteiger partial charge < -0.3 is 14.6 Å². The van der Waals surface area contributed by atoms with E-state index in [0.29, 0.717) is 5.02 Å². The van der Waals surface area contributed by atoms with Gasteiger partial charge in [-0.25, -0.2) is 0 Å². The van der Waals surface area contributed by atoms with Gasteiger partial charge in [0.25, 0.3) is 0 Å². The highest BCUT2D eigenvalue weighted by molar-refractivity contribution is 6.64. The lowest BCUT2D eigenvalue weighted by Gasteiger charge is -2.32. The first-order valence-electron chi connectivity index (χ1n) is 6.10. The molecule has 3 nitrogen and oxygen atoms in total. The summed E-state index contributed by atoms with van der Waals surface area (Å²) in [7, 11) is 1.50. The first-order chi connectivity index (χ1) is 8.27. The van der Waals surface area contributed by atoms with E-state index in [1.54, 1.807) is 0 Å². The van der Waals surface area contributed by atoms with Crippen LogP contribution in [0.15, 0.2) is 18.2 Å². The van der Waals surface area contributed by atoms with Gasteiger partial charge in [0.1, 0.15) is 0 Å². The molecule has 0 atom stereocenters. The van der Waals surface area contributed by atoms with E-state index in [-0.39, 0.29) is 18.3 Å². The molecular formula is C13H19BClNO2. The molecule has 0 aromatic heterocycles. The predicted octanol–water partition coefficient (Wildman–Crippen LogP) is 2.68. The number of anilines is 1. The van der Waals surface area contributed by atoms with E-state index in [1.807, 2.05) is 52.9 Å². The Hall–Kier alpha value is -0.705. The number of rotatable bonds is 2. The van der Waals surface area contributed by atoms with Crippen LogP contribution in [-0.2, 0) is 9.31 Å². The van der Waals surface area contributed by atoms with Gasteiger partial charge in [0.15, 0.2) is 0 Å². The van der Waals surface area contributed by atoms with E-state index in [0.717, 1.165) is 11.2 Å². The van der Waals surface area contributed by atoms with Crippen molar-refractivity contribution >= 4 is 29.9 Å². The van der Waals surface area contributed by atoms with Crippen LogP contribution < -0.4 is 10.8 Å². The van der Waals surface area contributed by atoms with Crippen LogP contribution in [-0.4, -0.2) is 25.4 Å². The molecule has 0 unspecified atom stereocenters. The predicted molar refractivity (Wildman–Crippen MR) is 76.7 cm³/mol. The topological polar surface area (TPSA) is 30.5 Å². The van der Waals surface area contributed by atoms with Gasteiger partial charge in [-0.3, -0.25) is 0 Å². The van der Waals surface area contributed by atoms with Crippen LogP contribution >= 0.6 is 11.6 Å². The molecule has 0 aliphatic carbocycles. The fourth-order valence-corrected chi connectivity index (χ4v) is 2.09. The Morgan fingerprint density at radius 3 is 2.17 bits per heavy atom. The van der Waals surface area contributed by atoms with E-state index in [1.165, 1.54) is 0 Å². The SMILES string of the molecule is CNc1cc(Cl)ccc1B1OC(C)(C)C(C)(C)O1. The van der Waals surface area contributed by atoms with Crippen molar-refractivity contribution in [2.45, 2.75) is 38.9 Å². The van der Waals surface area contributed by atoms with Crippen molar-refractivity contribution < 1.29 is 9.31 Å². The lowest BCUT2D eigenvalue weighted by molar-refractivity contribution is 0.00578. The highest BCUT2D eigenvalue weighted by atomic mass is 35.5. The quantitative estimate of drug-likeness (QED) is 0.836. The lowest BCUT2D eigenvalue weighted by Crippen LogP contribution is -2.41. The number of halogens is 1. The van der Waals surface area contributed by atoms with E-state index in [4.69, 9.17) is 20.9 Å². The summed E-state index contributed by atoms with van der Waals surface area (Å²) in [4.78, 5) is 0. The molecule has 1 saturated heterocycles. The molecule has 2 rings (SSSR count). The fourth-order valence-electron chi connectivity index (χ4n) is 1.92. The highest BCUT2D eigenvalue weighted by Gasteiger charge is 2.52.